The Bertz CT molecular complexity index is 900. The van der Waals surface area contributed by atoms with Gasteiger partial charge in [-0.2, -0.15) is 0 Å². The maximum Gasteiger partial charge on any atom is 0.142 e. The fourth-order valence-electron chi connectivity index (χ4n) is 4.27. The van der Waals surface area contributed by atoms with E-state index in [9.17, 15) is 4.39 Å². The van der Waals surface area contributed by atoms with Gasteiger partial charge in [0.15, 0.2) is 0 Å². The molecule has 0 nitrogen and oxygen atoms in total. The molecule has 0 heterocycles. The lowest BCUT2D eigenvalue weighted by Crippen LogP contribution is -2.21. The van der Waals surface area contributed by atoms with Crippen LogP contribution in [-0.4, -0.2) is 0 Å². The smallest absolute Gasteiger partial charge is 0.142 e. The van der Waals surface area contributed by atoms with E-state index >= 15 is 0 Å². The van der Waals surface area contributed by atoms with Gasteiger partial charge < -0.3 is 0 Å². The van der Waals surface area contributed by atoms with Gasteiger partial charge in [-0.1, -0.05) is 67.4 Å². The first-order valence-electron chi connectivity index (χ1n) is 8.64. The average Bonchev–Trinajstić information content (AvgIpc) is 2.62. The maximum atomic E-state index is 14.1. The summed E-state index contributed by atoms with van der Waals surface area (Å²) < 4.78 is 14.1. The van der Waals surface area contributed by atoms with Crippen LogP contribution in [0.4, 0.5) is 4.39 Å². The average molecular weight is 339 g/mol. The highest BCUT2D eigenvalue weighted by molar-refractivity contribution is 6.30. The summed E-state index contributed by atoms with van der Waals surface area (Å²) in [4.78, 5) is 0. The van der Waals surface area contributed by atoms with Crippen molar-refractivity contribution < 1.29 is 4.39 Å². The highest BCUT2D eigenvalue weighted by Gasteiger charge is 2.31. The monoisotopic (exact) mass is 338 g/mol. The van der Waals surface area contributed by atoms with Crippen molar-refractivity contribution in [1.82, 2.24) is 0 Å². The van der Waals surface area contributed by atoms with Crippen LogP contribution in [-0.2, 0) is 6.42 Å². The molecule has 2 heteroatoms. The van der Waals surface area contributed by atoms with Crippen molar-refractivity contribution in [2.45, 2.75) is 32.1 Å². The summed E-state index contributed by atoms with van der Waals surface area (Å²) in [6.45, 7) is 2.23. The summed E-state index contributed by atoms with van der Waals surface area (Å²) in [5.41, 5.74) is 3.83. The van der Waals surface area contributed by atoms with Crippen molar-refractivity contribution in [3.8, 4) is 0 Å². The number of rotatable bonds is 2. The van der Waals surface area contributed by atoms with E-state index in [1.165, 1.54) is 21.9 Å². The summed E-state index contributed by atoms with van der Waals surface area (Å²) in [5, 5.41) is 2.82. The minimum absolute atomic E-state index is 0.196. The van der Waals surface area contributed by atoms with E-state index in [1.807, 2.05) is 6.07 Å². The van der Waals surface area contributed by atoms with Crippen molar-refractivity contribution in [3.05, 3.63) is 82.1 Å². The summed E-state index contributed by atoms with van der Waals surface area (Å²) in [7, 11) is 0. The van der Waals surface area contributed by atoms with E-state index in [-0.39, 0.29) is 16.8 Å². The number of hydrogen-bond donors (Lipinski definition) is 0. The van der Waals surface area contributed by atoms with Crippen LogP contribution in [0.2, 0.25) is 5.02 Å². The van der Waals surface area contributed by atoms with Gasteiger partial charge in [0.05, 0.1) is 5.02 Å². The topological polar surface area (TPSA) is 0 Å². The first kappa shape index (κ1) is 15.7. The van der Waals surface area contributed by atoms with E-state index in [0.717, 1.165) is 24.8 Å². The molecule has 0 N–H and O–H groups in total. The van der Waals surface area contributed by atoms with Crippen LogP contribution in [0.5, 0.6) is 0 Å². The molecule has 0 amide bonds. The van der Waals surface area contributed by atoms with E-state index in [4.69, 9.17) is 11.6 Å². The van der Waals surface area contributed by atoms with Crippen molar-refractivity contribution in [1.29, 1.82) is 0 Å². The first-order chi connectivity index (χ1) is 11.7. The molecule has 4 rings (SSSR count). The van der Waals surface area contributed by atoms with Gasteiger partial charge in [0, 0.05) is 5.92 Å². The fraction of sp³-hybridized carbons (Fsp3) is 0.273. The van der Waals surface area contributed by atoms with E-state index in [0.29, 0.717) is 5.92 Å². The van der Waals surface area contributed by atoms with E-state index < -0.39 is 0 Å². The molecule has 3 aromatic carbocycles. The Hall–Kier alpha value is -1.86. The third-order valence-electron chi connectivity index (χ3n) is 5.48. The molecular formula is C22H20ClF. The number of hydrogen-bond acceptors (Lipinski definition) is 0. The highest BCUT2D eigenvalue weighted by Crippen LogP contribution is 2.44. The molecule has 0 aromatic heterocycles. The lowest BCUT2D eigenvalue weighted by Gasteiger charge is -2.34. The largest absolute Gasteiger partial charge is 0.205 e. The van der Waals surface area contributed by atoms with Crippen molar-refractivity contribution in [3.63, 3.8) is 0 Å². The molecule has 1 aliphatic rings. The van der Waals surface area contributed by atoms with Crippen LogP contribution in [0.3, 0.4) is 0 Å². The zero-order valence-electron chi connectivity index (χ0n) is 13.7. The fourth-order valence-corrected chi connectivity index (χ4v) is 4.39. The first-order valence-corrected chi connectivity index (χ1v) is 9.02. The Morgan fingerprint density at radius 2 is 1.92 bits per heavy atom. The summed E-state index contributed by atoms with van der Waals surface area (Å²) in [5.74, 6) is 0.464. The number of halogens is 2. The number of benzene rings is 3. The second-order valence-electron chi connectivity index (χ2n) is 6.71. The van der Waals surface area contributed by atoms with Gasteiger partial charge in [-0.05, 0) is 58.4 Å². The zero-order valence-corrected chi connectivity index (χ0v) is 14.5. The summed E-state index contributed by atoms with van der Waals surface area (Å²) in [6.07, 6.45) is 3.34. The Kier molecular flexibility index (Phi) is 4.05. The molecule has 0 unspecified atom stereocenters. The third kappa shape index (κ3) is 2.52. The second-order valence-corrected chi connectivity index (χ2v) is 7.12. The Labute approximate surface area is 147 Å². The molecule has 0 saturated heterocycles. The van der Waals surface area contributed by atoms with Gasteiger partial charge in [-0.25, -0.2) is 4.39 Å². The molecule has 2 atom stereocenters. The molecule has 0 bridgehead atoms. The van der Waals surface area contributed by atoms with Gasteiger partial charge in [0.2, 0.25) is 0 Å². The molecule has 0 aliphatic heterocycles. The maximum absolute atomic E-state index is 14.1. The van der Waals surface area contributed by atoms with Gasteiger partial charge in [0.25, 0.3) is 0 Å². The molecule has 24 heavy (non-hydrogen) atoms. The van der Waals surface area contributed by atoms with Gasteiger partial charge in [0.1, 0.15) is 5.82 Å². The summed E-state index contributed by atoms with van der Waals surface area (Å²) >= 11 is 5.89. The number of aryl methyl sites for hydroxylation is 1. The lowest BCUT2D eigenvalue weighted by atomic mass is 9.70. The van der Waals surface area contributed by atoms with Crippen molar-refractivity contribution in [2.24, 2.45) is 5.92 Å². The zero-order chi connectivity index (χ0) is 16.7. The minimum atomic E-state index is -0.322. The van der Waals surface area contributed by atoms with Crippen LogP contribution in [0.25, 0.3) is 10.8 Å². The van der Waals surface area contributed by atoms with Gasteiger partial charge in [-0.15, -0.1) is 0 Å². The highest BCUT2D eigenvalue weighted by atomic mass is 35.5. The lowest BCUT2D eigenvalue weighted by molar-refractivity contribution is 0.398. The molecular weight excluding hydrogens is 319 g/mol. The van der Waals surface area contributed by atoms with Gasteiger partial charge in [-0.3, -0.25) is 0 Å². The molecule has 122 valence electrons. The SMILES string of the molecule is CC[C@@H]1CCc2c(ccc3ccccc23)[C@H]1c1ccc(Cl)c(F)c1. The third-order valence-corrected chi connectivity index (χ3v) is 5.78. The normalized spacial score (nSPS) is 20.1. The molecule has 0 saturated carbocycles. The van der Waals surface area contributed by atoms with Crippen LogP contribution in [0, 0.1) is 11.7 Å². The predicted octanol–water partition coefficient (Wildman–Crippen LogP) is 6.74. The van der Waals surface area contributed by atoms with Gasteiger partial charge >= 0.3 is 0 Å². The minimum Gasteiger partial charge on any atom is -0.205 e. The Morgan fingerprint density at radius 3 is 2.71 bits per heavy atom. The quantitative estimate of drug-likeness (QED) is 0.485. The van der Waals surface area contributed by atoms with Crippen LogP contribution < -0.4 is 0 Å². The van der Waals surface area contributed by atoms with Crippen LogP contribution >= 0.6 is 11.6 Å². The molecule has 1 aliphatic carbocycles. The van der Waals surface area contributed by atoms with E-state index in [1.54, 1.807) is 12.1 Å². The van der Waals surface area contributed by atoms with Crippen LogP contribution in [0.15, 0.2) is 54.6 Å². The molecule has 0 radical (unpaired) electrons. The van der Waals surface area contributed by atoms with Crippen molar-refractivity contribution >= 4 is 22.4 Å². The standard InChI is InChI=1S/C22H20ClF/c1-2-14-7-10-18-17-6-4-3-5-15(17)8-11-19(18)22(14)16-9-12-20(23)21(24)13-16/h3-6,8-9,11-14,22H,2,7,10H2,1H3/t14-,22-/m1/s1. The molecule has 0 spiro atoms. The van der Waals surface area contributed by atoms with Crippen LogP contribution in [0.1, 0.15) is 42.4 Å². The predicted molar refractivity (Wildman–Crippen MR) is 99.3 cm³/mol. The Balaban J connectivity index is 1.92. The summed E-state index contributed by atoms with van der Waals surface area (Å²) in [6, 6.07) is 18.3. The van der Waals surface area contributed by atoms with Crippen molar-refractivity contribution in [2.75, 3.05) is 0 Å². The van der Waals surface area contributed by atoms with E-state index in [2.05, 4.69) is 43.3 Å². The number of fused-ring (bicyclic) bond motifs is 3. The second kappa shape index (κ2) is 6.22. The molecule has 3 aromatic rings. The molecule has 0 fully saturated rings. The Morgan fingerprint density at radius 1 is 1.08 bits per heavy atom.